The van der Waals surface area contributed by atoms with Gasteiger partial charge in [-0.3, -0.25) is 0 Å². The van der Waals surface area contributed by atoms with Crippen LogP contribution in [0.4, 0.5) is 0 Å². The summed E-state index contributed by atoms with van der Waals surface area (Å²) in [5.41, 5.74) is 0.241. The maximum atomic E-state index is 10.8. The number of carbonyl (C=O) groups excluding carboxylic acids is 1. The second-order valence-electron chi connectivity index (χ2n) is 2.99. The maximum Gasteiger partial charge on any atom is 0.0735 e. The molecule has 2 nitrogen and oxygen atoms in total. The first-order valence-electron chi connectivity index (χ1n) is 4.38. The Morgan fingerprint density at radius 2 is 1.94 bits per heavy atom. The molecule has 0 saturated carbocycles. The van der Waals surface area contributed by atoms with Crippen molar-refractivity contribution >= 4 is 40.7 Å². The largest absolute Gasteiger partial charge is 0.545 e. The van der Waals surface area contributed by atoms with Gasteiger partial charge in [0.15, 0.2) is 0 Å². The minimum Gasteiger partial charge on any atom is -0.545 e. The Morgan fingerprint density at radius 3 is 2.56 bits per heavy atom. The summed E-state index contributed by atoms with van der Waals surface area (Å²) in [6.45, 7) is 0. The van der Waals surface area contributed by atoms with Crippen LogP contribution in [0.25, 0.3) is 0 Å². The number of hydrogen-bond donors (Lipinski definition) is 0. The summed E-state index contributed by atoms with van der Waals surface area (Å²) in [5.74, 6) is -1.14. The SMILES string of the molecule is O=C([O-])c1cscc1Sc1ccc(Cl)cc1. The minimum absolute atomic E-state index is 0.241. The van der Waals surface area contributed by atoms with Crippen molar-refractivity contribution in [3.05, 3.63) is 45.6 Å². The van der Waals surface area contributed by atoms with Crippen LogP contribution in [0.5, 0.6) is 0 Å². The second-order valence-corrected chi connectivity index (χ2v) is 5.29. The van der Waals surface area contributed by atoms with Crippen LogP contribution in [-0.2, 0) is 0 Å². The van der Waals surface area contributed by atoms with Crippen molar-refractivity contribution in [2.45, 2.75) is 9.79 Å². The first-order valence-corrected chi connectivity index (χ1v) is 6.51. The highest BCUT2D eigenvalue weighted by Gasteiger charge is 2.06. The third-order valence-corrected chi connectivity index (χ3v) is 4.10. The zero-order valence-corrected chi connectivity index (χ0v) is 10.4. The van der Waals surface area contributed by atoms with Gasteiger partial charge in [-0.25, -0.2) is 0 Å². The number of hydrogen-bond acceptors (Lipinski definition) is 4. The van der Waals surface area contributed by atoms with Crippen molar-refractivity contribution in [2.24, 2.45) is 0 Å². The number of halogens is 1. The van der Waals surface area contributed by atoms with Crippen LogP contribution < -0.4 is 5.11 Å². The van der Waals surface area contributed by atoms with Gasteiger partial charge in [-0.05, 0) is 24.3 Å². The van der Waals surface area contributed by atoms with Gasteiger partial charge in [0.05, 0.1) is 5.97 Å². The van der Waals surface area contributed by atoms with Gasteiger partial charge in [-0.2, -0.15) is 11.3 Å². The monoisotopic (exact) mass is 269 g/mol. The first kappa shape index (κ1) is 11.5. The second kappa shape index (κ2) is 4.91. The molecule has 0 fully saturated rings. The lowest BCUT2D eigenvalue weighted by Crippen LogP contribution is -2.22. The average molecular weight is 270 g/mol. The van der Waals surface area contributed by atoms with E-state index in [2.05, 4.69) is 0 Å². The molecule has 0 N–H and O–H groups in total. The number of carbonyl (C=O) groups is 1. The summed E-state index contributed by atoms with van der Waals surface area (Å²) in [6, 6.07) is 7.25. The predicted molar refractivity (Wildman–Crippen MR) is 64.2 cm³/mol. The van der Waals surface area contributed by atoms with Gasteiger partial charge in [0.25, 0.3) is 0 Å². The highest BCUT2D eigenvalue weighted by Crippen LogP contribution is 2.33. The van der Waals surface area contributed by atoms with E-state index in [9.17, 15) is 9.90 Å². The lowest BCUT2D eigenvalue weighted by Gasteiger charge is -2.04. The van der Waals surface area contributed by atoms with Gasteiger partial charge in [0.2, 0.25) is 0 Å². The predicted octanol–water partition coefficient (Wildman–Crippen LogP) is 2.92. The molecule has 0 bridgehead atoms. The molecule has 0 aliphatic rings. The van der Waals surface area contributed by atoms with E-state index < -0.39 is 5.97 Å². The van der Waals surface area contributed by atoms with Crippen LogP contribution in [0.1, 0.15) is 10.4 Å². The highest BCUT2D eigenvalue weighted by atomic mass is 35.5. The Balaban J connectivity index is 2.23. The quantitative estimate of drug-likeness (QED) is 0.860. The zero-order chi connectivity index (χ0) is 11.5. The maximum absolute atomic E-state index is 10.8. The summed E-state index contributed by atoms with van der Waals surface area (Å²) in [6.07, 6.45) is 0. The molecule has 0 atom stereocenters. The van der Waals surface area contributed by atoms with E-state index >= 15 is 0 Å². The van der Waals surface area contributed by atoms with Crippen molar-refractivity contribution in [1.29, 1.82) is 0 Å². The lowest BCUT2D eigenvalue weighted by atomic mass is 10.3. The van der Waals surface area contributed by atoms with Gasteiger partial charge in [-0.15, -0.1) is 0 Å². The molecule has 0 saturated heterocycles. The molecule has 0 radical (unpaired) electrons. The number of carboxylic acid groups (broad SMARTS) is 1. The molecular weight excluding hydrogens is 264 g/mol. The van der Waals surface area contributed by atoms with E-state index in [1.54, 1.807) is 22.9 Å². The van der Waals surface area contributed by atoms with E-state index in [0.717, 1.165) is 4.90 Å². The van der Waals surface area contributed by atoms with Gasteiger partial charge >= 0.3 is 0 Å². The van der Waals surface area contributed by atoms with Crippen LogP contribution in [0.15, 0.2) is 44.8 Å². The summed E-state index contributed by atoms with van der Waals surface area (Å²) in [7, 11) is 0. The molecule has 0 unspecified atom stereocenters. The van der Waals surface area contributed by atoms with E-state index in [4.69, 9.17) is 11.6 Å². The van der Waals surface area contributed by atoms with Crippen LogP contribution in [0.2, 0.25) is 5.02 Å². The van der Waals surface area contributed by atoms with Crippen LogP contribution in [-0.4, -0.2) is 5.97 Å². The summed E-state index contributed by atoms with van der Waals surface area (Å²) < 4.78 is 0. The van der Waals surface area contributed by atoms with Crippen molar-refractivity contribution < 1.29 is 9.90 Å². The normalized spacial score (nSPS) is 10.3. The van der Waals surface area contributed by atoms with Crippen molar-refractivity contribution in [3.63, 3.8) is 0 Å². The number of carboxylic acids is 1. The molecule has 0 aliphatic carbocycles. The van der Waals surface area contributed by atoms with Gasteiger partial charge in [-0.1, -0.05) is 23.4 Å². The van der Waals surface area contributed by atoms with Gasteiger partial charge in [0, 0.05) is 31.1 Å². The molecule has 16 heavy (non-hydrogen) atoms. The lowest BCUT2D eigenvalue weighted by molar-refractivity contribution is -0.255. The number of aromatic carboxylic acids is 1. The van der Waals surface area contributed by atoms with Crippen LogP contribution >= 0.6 is 34.7 Å². The van der Waals surface area contributed by atoms with Gasteiger partial charge in [0.1, 0.15) is 0 Å². The molecule has 0 aliphatic heterocycles. The molecule has 1 heterocycles. The van der Waals surface area contributed by atoms with E-state index in [1.807, 2.05) is 12.1 Å². The molecule has 0 spiro atoms. The summed E-state index contributed by atoms with van der Waals surface area (Å²) in [5, 5.41) is 14.8. The molecule has 5 heteroatoms. The molecular formula is C11H6ClO2S2-. The standard InChI is InChI=1S/C11H7ClO2S2/c12-7-1-3-8(4-2-7)16-10-6-15-5-9(10)11(13)14/h1-6H,(H,13,14)/p-1. The highest BCUT2D eigenvalue weighted by molar-refractivity contribution is 7.99. The topological polar surface area (TPSA) is 40.1 Å². The first-order chi connectivity index (χ1) is 7.66. The molecule has 1 aromatic heterocycles. The Bertz CT molecular complexity index is 505. The van der Waals surface area contributed by atoms with Crippen molar-refractivity contribution in [3.8, 4) is 0 Å². The molecule has 2 rings (SSSR count). The Kier molecular flexibility index (Phi) is 3.53. The fraction of sp³-hybridized carbons (Fsp3) is 0. The third-order valence-electron chi connectivity index (χ3n) is 1.89. The van der Waals surface area contributed by atoms with Gasteiger partial charge < -0.3 is 9.90 Å². The molecule has 0 amide bonds. The fourth-order valence-electron chi connectivity index (χ4n) is 1.14. The summed E-state index contributed by atoms with van der Waals surface area (Å²) in [4.78, 5) is 12.4. The van der Waals surface area contributed by atoms with Crippen molar-refractivity contribution in [1.82, 2.24) is 0 Å². The molecule has 82 valence electrons. The number of rotatable bonds is 3. The smallest absolute Gasteiger partial charge is 0.0735 e. The molecule has 2 aromatic rings. The van der Waals surface area contributed by atoms with E-state index in [-0.39, 0.29) is 5.56 Å². The third kappa shape index (κ3) is 2.58. The van der Waals surface area contributed by atoms with Crippen LogP contribution in [0, 0.1) is 0 Å². The minimum atomic E-state index is -1.14. The zero-order valence-electron chi connectivity index (χ0n) is 7.98. The van der Waals surface area contributed by atoms with E-state index in [1.165, 1.54) is 23.1 Å². The number of thiophene rings is 1. The Labute approximate surface area is 106 Å². The Hall–Kier alpha value is -0.970. The Morgan fingerprint density at radius 1 is 1.25 bits per heavy atom. The molecule has 1 aromatic carbocycles. The van der Waals surface area contributed by atoms with Crippen molar-refractivity contribution in [2.75, 3.05) is 0 Å². The number of benzene rings is 1. The average Bonchev–Trinajstić information content (AvgIpc) is 2.69. The fourth-order valence-corrected chi connectivity index (χ4v) is 3.16. The summed E-state index contributed by atoms with van der Waals surface area (Å²) >= 11 is 8.50. The van der Waals surface area contributed by atoms with E-state index in [0.29, 0.717) is 9.92 Å². The van der Waals surface area contributed by atoms with Crippen LogP contribution in [0.3, 0.4) is 0 Å².